The molecule has 0 bridgehead atoms. The van der Waals surface area contributed by atoms with Crippen LogP contribution in [0.15, 0.2) is 35.3 Å². The first-order valence-electron chi connectivity index (χ1n) is 7.90. The number of hydrogen-bond donors (Lipinski definition) is 1. The van der Waals surface area contributed by atoms with Gasteiger partial charge in [0.15, 0.2) is 0 Å². The van der Waals surface area contributed by atoms with Gasteiger partial charge in [-0.25, -0.2) is 4.79 Å². The van der Waals surface area contributed by atoms with Crippen molar-refractivity contribution >= 4 is 17.4 Å². The van der Waals surface area contributed by atoms with Gasteiger partial charge in [-0.05, 0) is 41.8 Å². The van der Waals surface area contributed by atoms with Gasteiger partial charge in [-0.15, -0.1) is 0 Å². The van der Waals surface area contributed by atoms with Crippen LogP contribution in [0, 0.1) is 0 Å². The summed E-state index contributed by atoms with van der Waals surface area (Å²) in [6.07, 6.45) is 4.57. The van der Waals surface area contributed by atoms with Crippen LogP contribution >= 0.6 is 11.3 Å². The Bertz CT molecular complexity index is 600. The number of aromatic nitrogens is 2. The normalized spacial score (nSPS) is 21.3. The van der Waals surface area contributed by atoms with Crippen molar-refractivity contribution in [2.45, 2.75) is 32.1 Å². The minimum Gasteiger partial charge on any atom is -0.367 e. The molecule has 1 fully saturated rings. The second kappa shape index (κ2) is 7.61. The van der Waals surface area contributed by atoms with Gasteiger partial charge < -0.3 is 15.0 Å². The van der Waals surface area contributed by atoms with Crippen LogP contribution in [0.3, 0.4) is 0 Å². The molecular weight excluding hydrogens is 312 g/mol. The third-order valence-electron chi connectivity index (χ3n) is 3.86. The molecule has 0 spiro atoms. The fraction of sp³-hybridized carbons (Fsp3) is 0.500. The Morgan fingerprint density at radius 2 is 2.43 bits per heavy atom. The molecule has 6 nitrogen and oxygen atoms in total. The minimum atomic E-state index is -0.0279. The van der Waals surface area contributed by atoms with Gasteiger partial charge in [0, 0.05) is 32.0 Å². The van der Waals surface area contributed by atoms with Crippen LogP contribution in [0.5, 0.6) is 0 Å². The summed E-state index contributed by atoms with van der Waals surface area (Å²) in [5.41, 5.74) is 1.15. The smallest absolute Gasteiger partial charge is 0.317 e. The molecule has 2 amide bonds. The number of rotatable bonds is 5. The van der Waals surface area contributed by atoms with E-state index < -0.39 is 0 Å². The van der Waals surface area contributed by atoms with Crippen LogP contribution in [0.25, 0.3) is 0 Å². The van der Waals surface area contributed by atoms with E-state index >= 15 is 0 Å². The summed E-state index contributed by atoms with van der Waals surface area (Å²) in [7, 11) is 0. The maximum absolute atomic E-state index is 12.4. The van der Waals surface area contributed by atoms with Gasteiger partial charge in [-0.2, -0.15) is 16.4 Å². The number of amides is 2. The molecule has 0 aromatic carbocycles. The maximum Gasteiger partial charge on any atom is 0.317 e. The number of carbonyl (C=O) groups excluding carboxylic acids is 1. The molecule has 0 unspecified atom stereocenters. The summed E-state index contributed by atoms with van der Waals surface area (Å²) in [5.74, 6) is 0. The Labute approximate surface area is 140 Å². The highest BCUT2D eigenvalue weighted by Crippen LogP contribution is 2.26. The van der Waals surface area contributed by atoms with Crippen molar-refractivity contribution < 1.29 is 9.53 Å². The molecule has 7 heteroatoms. The van der Waals surface area contributed by atoms with Crippen molar-refractivity contribution in [2.75, 3.05) is 19.6 Å². The minimum absolute atomic E-state index is 0.0131. The van der Waals surface area contributed by atoms with Crippen LogP contribution in [0.2, 0.25) is 0 Å². The number of thiophene rings is 1. The Morgan fingerprint density at radius 1 is 1.52 bits per heavy atom. The largest absolute Gasteiger partial charge is 0.367 e. The SMILES string of the molecule is C[C@H]1CN(C(=O)NCCCn2cccn2)C[C@@H](c2ccsc2)O1. The quantitative estimate of drug-likeness (QED) is 0.855. The first kappa shape index (κ1) is 16.0. The lowest BCUT2D eigenvalue weighted by atomic mass is 10.1. The Morgan fingerprint density at radius 3 is 3.17 bits per heavy atom. The standard InChI is InChI=1S/C16H22N4O2S/c1-13-10-19(11-15(22-13)14-4-9-23-12-14)16(21)17-5-2-7-20-8-3-6-18-20/h3-4,6,8-9,12-13,15H,2,5,7,10-11H2,1H3,(H,17,21)/t13-,15-/m0/s1. The predicted molar refractivity (Wildman–Crippen MR) is 89.4 cm³/mol. The van der Waals surface area contributed by atoms with Crippen LogP contribution in [-0.4, -0.2) is 46.4 Å². The summed E-state index contributed by atoms with van der Waals surface area (Å²) < 4.78 is 7.83. The average molecular weight is 334 g/mol. The van der Waals surface area contributed by atoms with E-state index in [0.717, 1.165) is 18.5 Å². The summed E-state index contributed by atoms with van der Waals surface area (Å²) in [4.78, 5) is 14.2. The lowest BCUT2D eigenvalue weighted by Gasteiger charge is -2.36. The third-order valence-corrected chi connectivity index (χ3v) is 4.56. The second-order valence-electron chi connectivity index (χ2n) is 5.75. The van der Waals surface area contributed by atoms with Gasteiger partial charge in [-0.3, -0.25) is 4.68 Å². The molecule has 3 rings (SSSR count). The highest BCUT2D eigenvalue weighted by atomic mass is 32.1. The molecule has 124 valence electrons. The Balaban J connectivity index is 1.46. The predicted octanol–water partition coefficient (Wildman–Crippen LogP) is 2.51. The highest BCUT2D eigenvalue weighted by molar-refractivity contribution is 7.07. The maximum atomic E-state index is 12.4. The molecule has 0 aliphatic carbocycles. The van der Waals surface area contributed by atoms with E-state index in [0.29, 0.717) is 19.6 Å². The third kappa shape index (κ3) is 4.33. The molecule has 3 heterocycles. The molecule has 1 saturated heterocycles. The summed E-state index contributed by atoms with van der Waals surface area (Å²) in [6, 6.07) is 3.95. The van der Waals surface area contributed by atoms with Gasteiger partial charge >= 0.3 is 6.03 Å². The number of urea groups is 1. The summed E-state index contributed by atoms with van der Waals surface area (Å²) >= 11 is 1.65. The fourth-order valence-corrected chi connectivity index (χ4v) is 3.44. The van der Waals surface area contributed by atoms with Crippen LogP contribution < -0.4 is 5.32 Å². The zero-order chi connectivity index (χ0) is 16.1. The fourth-order valence-electron chi connectivity index (χ4n) is 2.74. The Kier molecular flexibility index (Phi) is 5.30. The van der Waals surface area contributed by atoms with Gasteiger partial charge in [0.1, 0.15) is 6.10 Å². The number of aryl methyl sites for hydroxylation is 1. The van der Waals surface area contributed by atoms with E-state index in [1.165, 1.54) is 0 Å². The van der Waals surface area contributed by atoms with Crippen molar-refractivity contribution in [3.63, 3.8) is 0 Å². The van der Waals surface area contributed by atoms with Crippen LogP contribution in [0.1, 0.15) is 25.0 Å². The van der Waals surface area contributed by atoms with Crippen LogP contribution in [-0.2, 0) is 11.3 Å². The lowest BCUT2D eigenvalue weighted by molar-refractivity contribution is -0.0654. The van der Waals surface area contributed by atoms with Gasteiger partial charge in [0.25, 0.3) is 0 Å². The van der Waals surface area contributed by atoms with Gasteiger partial charge in [0.05, 0.1) is 12.6 Å². The molecule has 1 aliphatic rings. The second-order valence-corrected chi connectivity index (χ2v) is 6.53. The number of ether oxygens (including phenoxy) is 1. The average Bonchev–Trinajstić information content (AvgIpc) is 3.24. The van der Waals surface area contributed by atoms with E-state index in [1.54, 1.807) is 17.5 Å². The van der Waals surface area contributed by atoms with E-state index in [4.69, 9.17) is 4.74 Å². The monoisotopic (exact) mass is 334 g/mol. The van der Waals surface area contributed by atoms with E-state index in [9.17, 15) is 4.79 Å². The van der Waals surface area contributed by atoms with Gasteiger partial charge in [-0.1, -0.05) is 0 Å². The molecule has 2 atom stereocenters. The number of morpholine rings is 1. The Hall–Kier alpha value is -1.86. The molecule has 23 heavy (non-hydrogen) atoms. The molecule has 1 aliphatic heterocycles. The topological polar surface area (TPSA) is 59.4 Å². The van der Waals surface area contributed by atoms with E-state index in [-0.39, 0.29) is 18.2 Å². The number of nitrogens with zero attached hydrogens (tertiary/aromatic N) is 3. The molecule has 0 saturated carbocycles. The van der Waals surface area contributed by atoms with Crippen molar-refractivity contribution in [1.82, 2.24) is 20.0 Å². The summed E-state index contributed by atoms with van der Waals surface area (Å²) in [5, 5.41) is 11.3. The molecule has 2 aromatic heterocycles. The molecule has 2 aromatic rings. The van der Waals surface area contributed by atoms with Crippen molar-refractivity contribution in [3.8, 4) is 0 Å². The number of carbonyl (C=O) groups is 1. The van der Waals surface area contributed by atoms with Crippen LogP contribution in [0.4, 0.5) is 4.79 Å². The first-order chi connectivity index (χ1) is 11.2. The number of hydrogen-bond acceptors (Lipinski definition) is 4. The zero-order valence-electron chi connectivity index (χ0n) is 13.2. The first-order valence-corrected chi connectivity index (χ1v) is 8.84. The lowest BCUT2D eigenvalue weighted by Crippen LogP contribution is -2.50. The molecular formula is C16H22N4O2S. The van der Waals surface area contributed by atoms with Crippen molar-refractivity contribution in [3.05, 3.63) is 40.8 Å². The van der Waals surface area contributed by atoms with E-state index in [1.807, 2.05) is 34.1 Å². The zero-order valence-corrected chi connectivity index (χ0v) is 14.0. The van der Waals surface area contributed by atoms with Gasteiger partial charge in [0.2, 0.25) is 0 Å². The van der Waals surface area contributed by atoms with Crippen molar-refractivity contribution in [2.24, 2.45) is 0 Å². The number of nitrogens with one attached hydrogen (secondary N) is 1. The highest BCUT2D eigenvalue weighted by Gasteiger charge is 2.29. The summed E-state index contributed by atoms with van der Waals surface area (Å²) in [6.45, 7) is 4.70. The van der Waals surface area contributed by atoms with Crippen molar-refractivity contribution in [1.29, 1.82) is 0 Å². The molecule has 0 radical (unpaired) electrons. The molecule has 1 N–H and O–H groups in total. The van der Waals surface area contributed by atoms with E-state index in [2.05, 4.69) is 21.9 Å².